The monoisotopic (exact) mass is 429 g/mol. The quantitative estimate of drug-likeness (QED) is 0.583. The molecule has 5 nitrogen and oxygen atoms in total. The third-order valence-electron chi connectivity index (χ3n) is 6.05. The molecule has 0 aromatic heterocycles. The van der Waals surface area contributed by atoms with Crippen molar-refractivity contribution in [3.8, 4) is 11.5 Å². The molecule has 160 valence electrons. The molecule has 2 aromatic carbocycles. The van der Waals surface area contributed by atoms with Crippen molar-refractivity contribution in [1.29, 1.82) is 0 Å². The van der Waals surface area contributed by atoms with Gasteiger partial charge in [0.2, 0.25) is 0 Å². The maximum atomic E-state index is 11.4. The Hall–Kier alpha value is -2.40. The average Bonchev–Trinajstić information content (AvgIpc) is 2.74. The zero-order valence-electron chi connectivity index (χ0n) is 17.6. The summed E-state index contributed by atoms with van der Waals surface area (Å²) in [6.45, 7) is 1.67. The van der Waals surface area contributed by atoms with Gasteiger partial charge in [-0.15, -0.1) is 0 Å². The lowest BCUT2D eigenvalue weighted by atomic mass is 9.95. The van der Waals surface area contributed by atoms with Gasteiger partial charge in [0.25, 0.3) is 0 Å². The molecule has 2 aromatic rings. The first-order chi connectivity index (χ1) is 14.6. The van der Waals surface area contributed by atoms with Crippen LogP contribution in [0.2, 0.25) is 5.02 Å². The summed E-state index contributed by atoms with van der Waals surface area (Å²) in [6, 6.07) is 10.4. The fraction of sp³-hybridized carbons (Fsp3) is 0.458. The van der Waals surface area contributed by atoms with Crippen molar-refractivity contribution < 1.29 is 19.0 Å². The van der Waals surface area contributed by atoms with Gasteiger partial charge in [-0.05, 0) is 48.8 Å². The van der Waals surface area contributed by atoms with Crippen LogP contribution >= 0.6 is 11.6 Å². The van der Waals surface area contributed by atoms with E-state index in [-0.39, 0.29) is 12.1 Å². The molecule has 2 aliphatic rings. The molecular formula is C24H28ClNO4. The summed E-state index contributed by atoms with van der Waals surface area (Å²) in [4.78, 5) is 13.7. The highest BCUT2D eigenvalue weighted by atomic mass is 35.5. The minimum atomic E-state index is -0.173. The zero-order chi connectivity index (χ0) is 21.1. The van der Waals surface area contributed by atoms with E-state index < -0.39 is 0 Å². The van der Waals surface area contributed by atoms with Crippen molar-refractivity contribution in [2.45, 2.75) is 51.2 Å². The summed E-state index contributed by atoms with van der Waals surface area (Å²) >= 11 is 6.61. The zero-order valence-corrected chi connectivity index (χ0v) is 18.3. The molecule has 0 saturated heterocycles. The van der Waals surface area contributed by atoms with E-state index in [1.165, 1.54) is 30.2 Å². The molecule has 1 fully saturated rings. The highest BCUT2D eigenvalue weighted by Crippen LogP contribution is 2.41. The van der Waals surface area contributed by atoms with Crippen LogP contribution < -0.4 is 14.4 Å². The molecule has 0 atom stereocenters. The number of fused-ring (bicyclic) bond motifs is 1. The molecule has 1 aliphatic carbocycles. The maximum absolute atomic E-state index is 11.4. The second-order valence-corrected chi connectivity index (χ2v) is 8.38. The van der Waals surface area contributed by atoms with Crippen molar-refractivity contribution in [2.75, 3.05) is 25.7 Å². The van der Waals surface area contributed by atoms with Gasteiger partial charge < -0.3 is 19.1 Å². The molecule has 1 saturated carbocycles. The first kappa shape index (κ1) is 20.9. The van der Waals surface area contributed by atoms with Gasteiger partial charge in [-0.3, -0.25) is 4.79 Å². The SMILES string of the molecule is COC(=O)CCc1ccc2c(c1)CCN(c1cc(OC3CCC3)c(OC)cc1Cl)C2. The second kappa shape index (κ2) is 9.17. The predicted octanol–water partition coefficient (Wildman–Crippen LogP) is 4.95. The number of carbonyl (C=O) groups is 1. The van der Waals surface area contributed by atoms with Crippen LogP contribution in [0.3, 0.4) is 0 Å². The normalized spacial score (nSPS) is 15.9. The van der Waals surface area contributed by atoms with E-state index >= 15 is 0 Å². The number of anilines is 1. The Morgan fingerprint density at radius 2 is 1.97 bits per heavy atom. The summed E-state index contributed by atoms with van der Waals surface area (Å²) in [5, 5.41) is 0.672. The molecule has 0 N–H and O–H groups in total. The lowest BCUT2D eigenvalue weighted by Gasteiger charge is -2.33. The van der Waals surface area contributed by atoms with Crippen molar-refractivity contribution in [3.63, 3.8) is 0 Å². The van der Waals surface area contributed by atoms with E-state index in [0.29, 0.717) is 23.6 Å². The van der Waals surface area contributed by atoms with Crippen LogP contribution in [-0.2, 0) is 28.9 Å². The Balaban J connectivity index is 1.51. The highest BCUT2D eigenvalue weighted by molar-refractivity contribution is 6.33. The van der Waals surface area contributed by atoms with Crippen LogP contribution in [0.5, 0.6) is 11.5 Å². The first-order valence-corrected chi connectivity index (χ1v) is 10.9. The maximum Gasteiger partial charge on any atom is 0.305 e. The lowest BCUT2D eigenvalue weighted by Crippen LogP contribution is -2.31. The van der Waals surface area contributed by atoms with Gasteiger partial charge in [-0.25, -0.2) is 0 Å². The predicted molar refractivity (Wildman–Crippen MR) is 118 cm³/mol. The lowest BCUT2D eigenvalue weighted by molar-refractivity contribution is -0.140. The van der Waals surface area contributed by atoms with Crippen LogP contribution in [0, 0.1) is 0 Å². The molecule has 0 radical (unpaired) electrons. The van der Waals surface area contributed by atoms with E-state index in [4.69, 9.17) is 25.8 Å². The van der Waals surface area contributed by atoms with E-state index in [1.807, 2.05) is 12.1 Å². The summed E-state index contributed by atoms with van der Waals surface area (Å²) in [5.41, 5.74) is 4.78. The highest BCUT2D eigenvalue weighted by Gasteiger charge is 2.24. The Labute approximate surface area is 182 Å². The molecule has 4 rings (SSSR count). The molecule has 0 bridgehead atoms. The number of esters is 1. The molecule has 1 aliphatic heterocycles. The molecule has 0 unspecified atom stereocenters. The molecule has 1 heterocycles. The number of benzene rings is 2. The van der Waals surface area contributed by atoms with E-state index in [9.17, 15) is 4.79 Å². The number of hydrogen-bond acceptors (Lipinski definition) is 5. The van der Waals surface area contributed by atoms with Crippen molar-refractivity contribution in [1.82, 2.24) is 0 Å². The Morgan fingerprint density at radius 1 is 1.13 bits per heavy atom. The van der Waals surface area contributed by atoms with Crippen LogP contribution in [0.4, 0.5) is 5.69 Å². The third-order valence-corrected chi connectivity index (χ3v) is 6.35. The minimum Gasteiger partial charge on any atom is -0.493 e. The number of nitrogens with zero attached hydrogens (tertiary/aromatic N) is 1. The number of ether oxygens (including phenoxy) is 3. The van der Waals surface area contributed by atoms with E-state index in [1.54, 1.807) is 7.11 Å². The number of aryl methyl sites for hydroxylation is 1. The van der Waals surface area contributed by atoms with Gasteiger partial charge in [0.15, 0.2) is 11.5 Å². The smallest absolute Gasteiger partial charge is 0.305 e. The van der Waals surface area contributed by atoms with E-state index in [0.717, 1.165) is 43.8 Å². The van der Waals surface area contributed by atoms with Gasteiger partial charge in [0.1, 0.15) is 0 Å². The van der Waals surface area contributed by atoms with Crippen LogP contribution in [0.15, 0.2) is 30.3 Å². The Bertz CT molecular complexity index is 926. The van der Waals surface area contributed by atoms with Gasteiger partial charge in [-0.2, -0.15) is 0 Å². The third kappa shape index (κ3) is 4.51. The largest absolute Gasteiger partial charge is 0.493 e. The topological polar surface area (TPSA) is 48.0 Å². The molecule has 6 heteroatoms. The Kier molecular flexibility index (Phi) is 6.38. The number of carbonyl (C=O) groups excluding carboxylic acids is 1. The van der Waals surface area contributed by atoms with Gasteiger partial charge in [0, 0.05) is 31.6 Å². The van der Waals surface area contributed by atoms with Crippen molar-refractivity contribution in [2.24, 2.45) is 0 Å². The number of rotatable bonds is 7. The van der Waals surface area contributed by atoms with Crippen LogP contribution in [0.1, 0.15) is 42.4 Å². The molecular weight excluding hydrogens is 402 g/mol. The average molecular weight is 430 g/mol. The van der Waals surface area contributed by atoms with Gasteiger partial charge in [0.05, 0.1) is 31.0 Å². The van der Waals surface area contributed by atoms with Gasteiger partial charge >= 0.3 is 5.97 Å². The fourth-order valence-electron chi connectivity index (χ4n) is 4.00. The number of hydrogen-bond donors (Lipinski definition) is 0. The molecule has 30 heavy (non-hydrogen) atoms. The first-order valence-electron chi connectivity index (χ1n) is 10.5. The van der Waals surface area contributed by atoms with Crippen LogP contribution in [0.25, 0.3) is 0 Å². The number of methoxy groups -OCH3 is 2. The summed E-state index contributed by atoms with van der Waals surface area (Å²) < 4.78 is 16.4. The number of halogens is 1. The minimum absolute atomic E-state index is 0.173. The second-order valence-electron chi connectivity index (χ2n) is 7.98. The van der Waals surface area contributed by atoms with Crippen molar-refractivity contribution in [3.05, 3.63) is 52.0 Å². The summed E-state index contributed by atoms with van der Waals surface area (Å²) in [7, 11) is 3.07. The molecule has 0 amide bonds. The standard InChI is InChI=1S/C24H28ClNO4/c1-28-22-13-20(25)21(14-23(22)30-19-4-3-5-19)26-11-10-17-12-16(6-8-18(17)15-26)7-9-24(27)29-2/h6,8,12-14,19H,3-5,7,9-11,15H2,1-2H3. The molecule has 0 spiro atoms. The fourth-order valence-corrected chi connectivity index (χ4v) is 4.28. The summed E-state index contributed by atoms with van der Waals surface area (Å²) in [5.74, 6) is 1.28. The van der Waals surface area contributed by atoms with E-state index in [2.05, 4.69) is 23.1 Å². The van der Waals surface area contributed by atoms with Crippen LogP contribution in [-0.4, -0.2) is 32.8 Å². The van der Waals surface area contributed by atoms with Gasteiger partial charge in [-0.1, -0.05) is 29.8 Å². The summed E-state index contributed by atoms with van der Waals surface area (Å²) in [6.07, 6.45) is 5.73. The van der Waals surface area contributed by atoms with Crippen molar-refractivity contribution >= 4 is 23.3 Å². The Morgan fingerprint density at radius 3 is 2.67 bits per heavy atom.